The van der Waals surface area contributed by atoms with E-state index < -0.39 is 0 Å². The second-order valence-corrected chi connectivity index (χ2v) is 5.07. The Kier molecular flexibility index (Phi) is 3.08. The summed E-state index contributed by atoms with van der Waals surface area (Å²) in [6.07, 6.45) is 1.11. The van der Waals surface area contributed by atoms with Crippen LogP contribution in [0.4, 0.5) is 0 Å². The summed E-state index contributed by atoms with van der Waals surface area (Å²) in [5, 5.41) is 7.00. The molecule has 0 aliphatic rings. The molecule has 1 atom stereocenters. The molecule has 0 saturated heterocycles. The van der Waals surface area contributed by atoms with E-state index in [2.05, 4.69) is 42.7 Å². The van der Waals surface area contributed by atoms with Gasteiger partial charge >= 0.3 is 0 Å². The maximum absolute atomic E-state index is 3.28. The predicted octanol–water partition coefficient (Wildman–Crippen LogP) is 3.36. The van der Waals surface area contributed by atoms with Gasteiger partial charge in [-0.15, -0.1) is 11.3 Å². The normalized spacial score (nSPS) is 13.3. The molecule has 15 heavy (non-hydrogen) atoms. The lowest BCUT2D eigenvalue weighted by molar-refractivity contribution is 0.611. The lowest BCUT2D eigenvalue weighted by atomic mass is 10.1. The molecule has 1 heterocycles. The third-order valence-electron chi connectivity index (χ3n) is 2.83. The van der Waals surface area contributed by atoms with Crippen molar-refractivity contribution in [2.24, 2.45) is 0 Å². The third-order valence-corrected chi connectivity index (χ3v) is 3.82. The summed E-state index contributed by atoms with van der Waals surface area (Å²) in [6.45, 7) is 4.37. The zero-order chi connectivity index (χ0) is 10.8. The molecule has 1 N–H and O–H groups in total. The number of benzene rings is 1. The van der Waals surface area contributed by atoms with Gasteiger partial charge in [-0.2, -0.15) is 0 Å². The first-order valence-corrected chi connectivity index (χ1v) is 6.22. The van der Waals surface area contributed by atoms with Crippen LogP contribution in [0, 0.1) is 6.92 Å². The van der Waals surface area contributed by atoms with Crippen LogP contribution in [-0.2, 0) is 6.42 Å². The summed E-state index contributed by atoms with van der Waals surface area (Å²) in [6, 6.07) is 7.26. The molecule has 1 nitrogen and oxygen atoms in total. The molecule has 0 spiro atoms. The molecule has 0 saturated carbocycles. The molecule has 2 heteroatoms. The highest BCUT2D eigenvalue weighted by atomic mass is 32.1. The Morgan fingerprint density at radius 2 is 2.20 bits per heavy atom. The summed E-state index contributed by atoms with van der Waals surface area (Å²) < 4.78 is 1.41. The molecule has 1 aromatic carbocycles. The summed E-state index contributed by atoms with van der Waals surface area (Å²) in [4.78, 5) is 0. The van der Waals surface area contributed by atoms with Crippen molar-refractivity contribution < 1.29 is 0 Å². The van der Waals surface area contributed by atoms with Crippen molar-refractivity contribution in [3.8, 4) is 0 Å². The number of likely N-dealkylation sites (N-methyl/N-ethyl adjacent to an activating group) is 1. The number of hydrogen-bond acceptors (Lipinski definition) is 2. The first kappa shape index (κ1) is 10.7. The van der Waals surface area contributed by atoms with Gasteiger partial charge in [0.05, 0.1) is 0 Å². The summed E-state index contributed by atoms with van der Waals surface area (Å²) >= 11 is 1.85. The number of nitrogens with one attached hydrogen (secondary N) is 1. The van der Waals surface area contributed by atoms with Crippen molar-refractivity contribution in [1.82, 2.24) is 5.32 Å². The highest BCUT2D eigenvalue weighted by Gasteiger charge is 2.06. The van der Waals surface area contributed by atoms with Crippen LogP contribution < -0.4 is 5.32 Å². The van der Waals surface area contributed by atoms with Crippen molar-refractivity contribution in [3.05, 3.63) is 34.7 Å². The first-order chi connectivity index (χ1) is 7.20. The van der Waals surface area contributed by atoms with Crippen LogP contribution in [0.1, 0.15) is 18.1 Å². The van der Waals surface area contributed by atoms with Crippen molar-refractivity contribution in [2.45, 2.75) is 26.3 Å². The van der Waals surface area contributed by atoms with Crippen molar-refractivity contribution >= 4 is 21.4 Å². The van der Waals surface area contributed by atoms with Gasteiger partial charge in [-0.25, -0.2) is 0 Å². The van der Waals surface area contributed by atoms with Gasteiger partial charge in [-0.05, 0) is 55.3 Å². The highest BCUT2D eigenvalue weighted by Crippen LogP contribution is 2.27. The number of thiophene rings is 1. The van der Waals surface area contributed by atoms with E-state index in [1.807, 2.05) is 18.4 Å². The van der Waals surface area contributed by atoms with E-state index >= 15 is 0 Å². The zero-order valence-corrected chi connectivity index (χ0v) is 10.3. The van der Waals surface area contributed by atoms with E-state index in [4.69, 9.17) is 0 Å². The van der Waals surface area contributed by atoms with Crippen LogP contribution in [0.25, 0.3) is 10.1 Å². The topological polar surface area (TPSA) is 12.0 Å². The van der Waals surface area contributed by atoms with Gasteiger partial charge in [0.2, 0.25) is 0 Å². The molecule has 80 valence electrons. The van der Waals surface area contributed by atoms with Gasteiger partial charge in [0.25, 0.3) is 0 Å². The van der Waals surface area contributed by atoms with Crippen LogP contribution in [0.5, 0.6) is 0 Å². The highest BCUT2D eigenvalue weighted by molar-refractivity contribution is 7.17. The largest absolute Gasteiger partial charge is 0.317 e. The number of fused-ring (bicyclic) bond motifs is 1. The van der Waals surface area contributed by atoms with Crippen LogP contribution in [0.2, 0.25) is 0 Å². The minimum atomic E-state index is 0.545. The number of aryl methyl sites for hydroxylation is 1. The van der Waals surface area contributed by atoms with E-state index in [0.717, 1.165) is 6.42 Å². The van der Waals surface area contributed by atoms with Gasteiger partial charge in [0, 0.05) is 10.7 Å². The minimum Gasteiger partial charge on any atom is -0.317 e. The average Bonchev–Trinajstić information content (AvgIpc) is 2.60. The van der Waals surface area contributed by atoms with Crippen LogP contribution >= 0.6 is 11.3 Å². The second-order valence-electron chi connectivity index (χ2n) is 4.15. The minimum absolute atomic E-state index is 0.545. The Labute approximate surface area is 95.1 Å². The molecule has 0 aliphatic heterocycles. The van der Waals surface area contributed by atoms with E-state index in [-0.39, 0.29) is 0 Å². The smallest absolute Gasteiger partial charge is 0.0348 e. The second kappa shape index (κ2) is 4.33. The Morgan fingerprint density at radius 3 is 2.93 bits per heavy atom. The van der Waals surface area contributed by atoms with Crippen molar-refractivity contribution in [2.75, 3.05) is 7.05 Å². The maximum atomic E-state index is 3.28. The summed E-state index contributed by atoms with van der Waals surface area (Å²) in [7, 11) is 2.02. The van der Waals surface area contributed by atoms with E-state index in [1.54, 1.807) is 0 Å². The molecule has 2 rings (SSSR count). The number of rotatable bonds is 3. The van der Waals surface area contributed by atoms with Crippen LogP contribution in [0.15, 0.2) is 23.6 Å². The SMILES string of the molecule is CNC(C)Cc1csc2cc(C)ccc12. The fraction of sp³-hybridized carbons (Fsp3) is 0.385. The van der Waals surface area contributed by atoms with Crippen LogP contribution in [0.3, 0.4) is 0 Å². The van der Waals surface area contributed by atoms with Gasteiger partial charge in [0.1, 0.15) is 0 Å². The molecule has 0 amide bonds. The Hall–Kier alpha value is -0.860. The zero-order valence-electron chi connectivity index (χ0n) is 9.50. The molecule has 0 fully saturated rings. The van der Waals surface area contributed by atoms with Gasteiger partial charge in [0.15, 0.2) is 0 Å². The Balaban J connectivity index is 2.36. The quantitative estimate of drug-likeness (QED) is 0.834. The molecule has 1 unspecified atom stereocenters. The maximum Gasteiger partial charge on any atom is 0.0348 e. The molecule has 0 aliphatic carbocycles. The third kappa shape index (κ3) is 2.21. The van der Waals surface area contributed by atoms with Crippen LogP contribution in [-0.4, -0.2) is 13.1 Å². The fourth-order valence-electron chi connectivity index (χ4n) is 1.78. The molecule has 1 aromatic heterocycles. The predicted molar refractivity (Wildman–Crippen MR) is 68.8 cm³/mol. The van der Waals surface area contributed by atoms with Gasteiger partial charge < -0.3 is 5.32 Å². The fourth-order valence-corrected chi connectivity index (χ4v) is 2.85. The monoisotopic (exact) mass is 219 g/mol. The van der Waals surface area contributed by atoms with E-state index in [0.29, 0.717) is 6.04 Å². The Morgan fingerprint density at radius 1 is 1.40 bits per heavy atom. The molecular formula is C13H17NS. The summed E-state index contributed by atoms with van der Waals surface area (Å²) in [5.74, 6) is 0. The molecular weight excluding hydrogens is 202 g/mol. The lowest BCUT2D eigenvalue weighted by Gasteiger charge is -2.08. The molecule has 0 bridgehead atoms. The average molecular weight is 219 g/mol. The van der Waals surface area contributed by atoms with Crippen molar-refractivity contribution in [3.63, 3.8) is 0 Å². The Bertz CT molecular complexity index is 459. The molecule has 2 aromatic rings. The standard InChI is InChI=1S/C13H17NS/c1-9-4-5-12-11(7-10(2)14-3)8-15-13(12)6-9/h4-6,8,10,14H,7H2,1-3H3. The van der Waals surface area contributed by atoms with Gasteiger partial charge in [-0.3, -0.25) is 0 Å². The molecule has 0 radical (unpaired) electrons. The van der Waals surface area contributed by atoms with Crippen molar-refractivity contribution in [1.29, 1.82) is 0 Å². The summed E-state index contributed by atoms with van der Waals surface area (Å²) in [5.41, 5.74) is 2.81. The van der Waals surface area contributed by atoms with E-state index in [1.165, 1.54) is 21.2 Å². The van der Waals surface area contributed by atoms with E-state index in [9.17, 15) is 0 Å². The first-order valence-electron chi connectivity index (χ1n) is 5.34. The number of hydrogen-bond donors (Lipinski definition) is 1. The van der Waals surface area contributed by atoms with Gasteiger partial charge in [-0.1, -0.05) is 12.1 Å². The lowest BCUT2D eigenvalue weighted by Crippen LogP contribution is -2.23.